The van der Waals surface area contributed by atoms with Gasteiger partial charge in [-0.05, 0) is 68.3 Å². The van der Waals surface area contributed by atoms with Gasteiger partial charge in [0.2, 0.25) is 0 Å². The first-order valence-electron chi connectivity index (χ1n) is 9.46. The van der Waals surface area contributed by atoms with Gasteiger partial charge >= 0.3 is 0 Å². The smallest absolute Gasteiger partial charge is 0.261 e. The van der Waals surface area contributed by atoms with Crippen LogP contribution < -0.4 is 9.62 Å². The number of hydrogen-bond acceptors (Lipinski definition) is 3. The molecule has 1 heterocycles. The molecular formula is C23H22N2O3S. The van der Waals surface area contributed by atoms with Gasteiger partial charge in [-0.2, -0.15) is 0 Å². The Morgan fingerprint density at radius 1 is 1.00 bits per heavy atom. The molecule has 3 aromatic carbocycles. The molecule has 29 heavy (non-hydrogen) atoms. The molecule has 3 aromatic rings. The Hall–Kier alpha value is -3.12. The molecule has 1 atom stereocenters. The Morgan fingerprint density at radius 3 is 2.38 bits per heavy atom. The molecular weight excluding hydrogens is 384 g/mol. The summed E-state index contributed by atoms with van der Waals surface area (Å²) in [5, 5.41) is 0. The highest BCUT2D eigenvalue weighted by Gasteiger charge is 2.32. The molecule has 0 unspecified atom stereocenters. The van der Waals surface area contributed by atoms with E-state index in [1.165, 1.54) is 0 Å². The van der Waals surface area contributed by atoms with Crippen LogP contribution in [-0.4, -0.2) is 20.4 Å². The molecule has 0 bridgehead atoms. The van der Waals surface area contributed by atoms with Crippen LogP contribution in [0.15, 0.2) is 77.7 Å². The molecule has 0 spiro atoms. The maximum Gasteiger partial charge on any atom is 0.261 e. The lowest BCUT2D eigenvalue weighted by Crippen LogP contribution is -2.35. The van der Waals surface area contributed by atoms with Crippen molar-refractivity contribution in [3.63, 3.8) is 0 Å². The average Bonchev–Trinajstić information content (AvgIpc) is 3.04. The van der Waals surface area contributed by atoms with Crippen molar-refractivity contribution >= 4 is 27.3 Å². The number of nitrogens with zero attached hydrogens (tertiary/aromatic N) is 1. The van der Waals surface area contributed by atoms with Gasteiger partial charge in [-0.25, -0.2) is 8.42 Å². The summed E-state index contributed by atoms with van der Waals surface area (Å²) in [6.07, 6.45) is 0.613. The van der Waals surface area contributed by atoms with E-state index in [-0.39, 0.29) is 16.8 Å². The first kappa shape index (κ1) is 19.2. The zero-order valence-corrected chi connectivity index (χ0v) is 17.1. The van der Waals surface area contributed by atoms with E-state index < -0.39 is 10.0 Å². The number of amides is 1. The largest absolute Gasteiger partial charge is 0.305 e. The van der Waals surface area contributed by atoms with Crippen molar-refractivity contribution in [3.05, 3.63) is 89.5 Å². The summed E-state index contributed by atoms with van der Waals surface area (Å²) >= 11 is 0. The van der Waals surface area contributed by atoms with E-state index in [2.05, 4.69) is 4.72 Å². The number of carbonyl (C=O) groups is 1. The van der Waals surface area contributed by atoms with E-state index >= 15 is 0 Å². The second-order valence-electron chi connectivity index (χ2n) is 7.36. The van der Waals surface area contributed by atoms with Crippen LogP contribution in [0.3, 0.4) is 0 Å². The third-order valence-electron chi connectivity index (χ3n) is 5.12. The second-order valence-corrected chi connectivity index (χ2v) is 9.04. The first-order valence-corrected chi connectivity index (χ1v) is 10.9. The second kappa shape index (κ2) is 7.37. The molecule has 1 aliphatic heterocycles. The van der Waals surface area contributed by atoms with Crippen LogP contribution in [-0.2, 0) is 16.4 Å². The van der Waals surface area contributed by atoms with E-state index in [0.717, 1.165) is 16.8 Å². The number of nitrogens with one attached hydrogen (secondary N) is 1. The highest BCUT2D eigenvalue weighted by atomic mass is 32.2. The summed E-state index contributed by atoms with van der Waals surface area (Å²) in [5.41, 5.74) is 3.81. The number of rotatable bonds is 4. The minimum atomic E-state index is -3.71. The minimum absolute atomic E-state index is 0.0410. The van der Waals surface area contributed by atoms with Crippen molar-refractivity contribution in [2.24, 2.45) is 0 Å². The van der Waals surface area contributed by atoms with E-state index in [0.29, 0.717) is 17.7 Å². The van der Waals surface area contributed by atoms with E-state index in [1.54, 1.807) is 47.4 Å². The third-order valence-corrected chi connectivity index (χ3v) is 6.50. The standard InChI is InChI=1S/C23H22N2O3S/c1-16-8-10-20(11-9-16)24-29(27,28)21-12-13-22-19(15-21)14-17(2)25(22)23(26)18-6-4-3-5-7-18/h3-13,15,17,24H,14H2,1-2H3/t17-/m0/s1. The van der Waals surface area contributed by atoms with Gasteiger partial charge in [-0.3, -0.25) is 9.52 Å². The molecule has 1 aliphatic rings. The number of sulfonamides is 1. The molecule has 0 radical (unpaired) electrons. The van der Waals surface area contributed by atoms with Gasteiger partial charge in [-0.15, -0.1) is 0 Å². The molecule has 6 heteroatoms. The predicted molar refractivity (Wildman–Crippen MR) is 115 cm³/mol. The van der Waals surface area contributed by atoms with Gasteiger partial charge in [0, 0.05) is 23.0 Å². The molecule has 0 aromatic heterocycles. The minimum Gasteiger partial charge on any atom is -0.305 e. The summed E-state index contributed by atoms with van der Waals surface area (Å²) < 4.78 is 28.2. The molecule has 0 saturated carbocycles. The normalized spacial score (nSPS) is 15.8. The molecule has 4 rings (SSSR count). The Bertz CT molecular complexity index is 1160. The van der Waals surface area contributed by atoms with Crippen molar-refractivity contribution in [2.75, 3.05) is 9.62 Å². The monoisotopic (exact) mass is 406 g/mol. The zero-order chi connectivity index (χ0) is 20.6. The molecule has 5 nitrogen and oxygen atoms in total. The Morgan fingerprint density at radius 2 is 1.69 bits per heavy atom. The summed E-state index contributed by atoms with van der Waals surface area (Å²) in [4.78, 5) is 14.9. The maximum atomic E-state index is 13.0. The van der Waals surface area contributed by atoms with Crippen molar-refractivity contribution in [2.45, 2.75) is 31.2 Å². The van der Waals surface area contributed by atoms with Crippen molar-refractivity contribution in [3.8, 4) is 0 Å². The molecule has 0 aliphatic carbocycles. The van der Waals surface area contributed by atoms with Gasteiger partial charge in [0.1, 0.15) is 0 Å². The molecule has 0 saturated heterocycles. The Kier molecular flexibility index (Phi) is 4.88. The van der Waals surface area contributed by atoms with Crippen LogP contribution in [0, 0.1) is 6.92 Å². The summed E-state index contributed by atoms with van der Waals surface area (Å²) in [7, 11) is -3.71. The lowest BCUT2D eigenvalue weighted by molar-refractivity contribution is 0.0981. The van der Waals surface area contributed by atoms with Crippen molar-refractivity contribution in [1.29, 1.82) is 0 Å². The lowest BCUT2D eigenvalue weighted by atomic mass is 10.1. The SMILES string of the molecule is Cc1ccc(NS(=O)(=O)c2ccc3c(c2)C[C@H](C)N3C(=O)c2ccccc2)cc1. The zero-order valence-electron chi connectivity index (χ0n) is 16.3. The number of hydrogen-bond donors (Lipinski definition) is 1. The highest BCUT2D eigenvalue weighted by Crippen LogP contribution is 2.35. The van der Waals surface area contributed by atoms with Gasteiger partial charge in [0.25, 0.3) is 15.9 Å². The third kappa shape index (κ3) is 3.76. The van der Waals surface area contributed by atoms with Crippen LogP contribution in [0.25, 0.3) is 0 Å². The van der Waals surface area contributed by atoms with Crippen LogP contribution in [0.5, 0.6) is 0 Å². The maximum absolute atomic E-state index is 13.0. The average molecular weight is 407 g/mol. The van der Waals surface area contributed by atoms with Gasteiger partial charge < -0.3 is 4.90 Å². The molecule has 148 valence electrons. The topological polar surface area (TPSA) is 66.5 Å². The highest BCUT2D eigenvalue weighted by molar-refractivity contribution is 7.92. The fourth-order valence-electron chi connectivity index (χ4n) is 3.64. The molecule has 1 N–H and O–H groups in total. The fourth-order valence-corrected chi connectivity index (χ4v) is 4.75. The van der Waals surface area contributed by atoms with E-state index in [1.807, 2.05) is 44.2 Å². The Labute approximate surface area is 171 Å². The van der Waals surface area contributed by atoms with Gasteiger partial charge in [0.15, 0.2) is 0 Å². The fraction of sp³-hybridized carbons (Fsp3) is 0.174. The predicted octanol–water partition coefficient (Wildman–Crippen LogP) is 4.39. The molecule has 1 amide bonds. The van der Waals surface area contributed by atoms with Gasteiger partial charge in [0.05, 0.1) is 4.90 Å². The van der Waals surface area contributed by atoms with Crippen LogP contribution in [0.1, 0.15) is 28.4 Å². The number of aryl methyl sites for hydroxylation is 1. The number of fused-ring (bicyclic) bond motifs is 1. The number of carbonyl (C=O) groups excluding carboxylic acids is 1. The van der Waals surface area contributed by atoms with Crippen molar-refractivity contribution < 1.29 is 13.2 Å². The number of anilines is 2. The lowest BCUT2D eigenvalue weighted by Gasteiger charge is -2.23. The quantitative estimate of drug-likeness (QED) is 0.699. The van der Waals surface area contributed by atoms with E-state index in [9.17, 15) is 13.2 Å². The van der Waals surface area contributed by atoms with Gasteiger partial charge in [-0.1, -0.05) is 35.9 Å². The Balaban J connectivity index is 1.63. The van der Waals surface area contributed by atoms with Crippen LogP contribution >= 0.6 is 0 Å². The molecule has 0 fully saturated rings. The first-order chi connectivity index (χ1) is 13.8. The summed E-state index contributed by atoms with van der Waals surface area (Å²) in [6, 6.07) is 21.2. The summed E-state index contributed by atoms with van der Waals surface area (Å²) in [6.45, 7) is 3.92. The van der Waals surface area contributed by atoms with E-state index in [4.69, 9.17) is 0 Å². The number of benzene rings is 3. The van der Waals surface area contributed by atoms with Crippen LogP contribution in [0.2, 0.25) is 0 Å². The summed E-state index contributed by atoms with van der Waals surface area (Å²) in [5.74, 6) is -0.0785. The van der Waals surface area contributed by atoms with Crippen molar-refractivity contribution in [1.82, 2.24) is 0 Å². The van der Waals surface area contributed by atoms with Crippen LogP contribution in [0.4, 0.5) is 11.4 Å².